The number of ether oxygens (including phenoxy) is 1. The molecule has 0 saturated heterocycles. The topological polar surface area (TPSA) is 123 Å². The number of benzene rings is 2. The molecule has 10 heteroatoms. The number of thioether (sulfide) groups is 1. The van der Waals surface area contributed by atoms with Crippen LogP contribution in [0.25, 0.3) is 0 Å². The summed E-state index contributed by atoms with van der Waals surface area (Å²) in [4.78, 5) is 26.8. The van der Waals surface area contributed by atoms with Crippen LogP contribution < -0.4 is 10.1 Å². The number of para-hydroxylation sites is 1. The lowest BCUT2D eigenvalue weighted by molar-refractivity contribution is -0.384. The Labute approximate surface area is 177 Å². The Kier molecular flexibility index (Phi) is 6.68. The molecule has 3 rings (SSSR count). The number of rotatable bonds is 8. The highest BCUT2D eigenvalue weighted by Gasteiger charge is 2.12. The zero-order chi connectivity index (χ0) is 21.7. The van der Waals surface area contributed by atoms with Gasteiger partial charge in [-0.3, -0.25) is 20.0 Å². The SMILES string of the molecule is Cc1cc([N+](=O)[O-])ccc1NC(=O)CSc1n[nH]c(COc2c(C)cccc2C)n1. The number of hydrogen-bond acceptors (Lipinski definition) is 7. The van der Waals surface area contributed by atoms with E-state index in [0.29, 0.717) is 22.2 Å². The van der Waals surface area contributed by atoms with E-state index in [9.17, 15) is 14.9 Å². The molecule has 0 atom stereocenters. The van der Waals surface area contributed by atoms with Crippen LogP contribution in [0.15, 0.2) is 41.6 Å². The van der Waals surface area contributed by atoms with Crippen LogP contribution in [-0.4, -0.2) is 31.8 Å². The lowest BCUT2D eigenvalue weighted by atomic mass is 10.1. The summed E-state index contributed by atoms with van der Waals surface area (Å²) in [5.74, 6) is 1.23. The van der Waals surface area contributed by atoms with Gasteiger partial charge in [-0.15, -0.1) is 5.10 Å². The lowest BCUT2D eigenvalue weighted by Gasteiger charge is -2.10. The lowest BCUT2D eigenvalue weighted by Crippen LogP contribution is -2.15. The van der Waals surface area contributed by atoms with Crippen LogP contribution in [0, 0.1) is 30.9 Å². The average Bonchev–Trinajstić information content (AvgIpc) is 3.15. The molecule has 0 spiro atoms. The van der Waals surface area contributed by atoms with Crippen LogP contribution in [0.4, 0.5) is 11.4 Å². The summed E-state index contributed by atoms with van der Waals surface area (Å²) in [5, 5.41) is 20.9. The number of amides is 1. The third-order valence-corrected chi connectivity index (χ3v) is 5.15. The Bertz CT molecular complexity index is 1060. The second-order valence-electron chi connectivity index (χ2n) is 6.67. The fourth-order valence-corrected chi connectivity index (χ4v) is 3.41. The maximum absolute atomic E-state index is 12.2. The van der Waals surface area contributed by atoms with Crippen LogP contribution in [0.1, 0.15) is 22.5 Å². The Balaban J connectivity index is 1.51. The number of nitro groups is 1. The number of aryl methyl sites for hydroxylation is 3. The molecule has 2 aromatic carbocycles. The number of nitrogens with one attached hydrogen (secondary N) is 2. The predicted molar refractivity (Wildman–Crippen MR) is 114 cm³/mol. The smallest absolute Gasteiger partial charge is 0.269 e. The molecule has 0 aliphatic carbocycles. The maximum Gasteiger partial charge on any atom is 0.269 e. The summed E-state index contributed by atoms with van der Waals surface area (Å²) in [6.07, 6.45) is 0. The summed E-state index contributed by atoms with van der Waals surface area (Å²) in [6, 6.07) is 10.2. The van der Waals surface area contributed by atoms with Gasteiger partial charge in [-0.05, 0) is 43.5 Å². The molecular formula is C20H21N5O4S. The number of aromatic nitrogens is 3. The largest absolute Gasteiger partial charge is 0.485 e. The van der Waals surface area contributed by atoms with E-state index in [1.54, 1.807) is 6.92 Å². The fraction of sp³-hybridized carbons (Fsp3) is 0.250. The quantitative estimate of drug-likeness (QED) is 0.317. The molecular weight excluding hydrogens is 406 g/mol. The molecule has 0 bridgehead atoms. The predicted octanol–water partition coefficient (Wildman–Crippen LogP) is 3.95. The van der Waals surface area contributed by atoms with Crippen LogP contribution in [0.2, 0.25) is 0 Å². The van der Waals surface area contributed by atoms with Crippen LogP contribution >= 0.6 is 11.8 Å². The molecule has 1 heterocycles. The van der Waals surface area contributed by atoms with Crippen molar-refractivity contribution in [2.75, 3.05) is 11.1 Å². The van der Waals surface area contributed by atoms with Gasteiger partial charge in [-0.2, -0.15) is 0 Å². The summed E-state index contributed by atoms with van der Waals surface area (Å²) in [5.41, 5.74) is 3.22. The minimum absolute atomic E-state index is 0.0174. The van der Waals surface area contributed by atoms with E-state index < -0.39 is 4.92 Å². The van der Waals surface area contributed by atoms with Crippen molar-refractivity contribution < 1.29 is 14.5 Å². The van der Waals surface area contributed by atoms with E-state index in [0.717, 1.165) is 16.9 Å². The van der Waals surface area contributed by atoms with E-state index in [1.807, 2.05) is 32.0 Å². The van der Waals surface area contributed by atoms with E-state index in [-0.39, 0.29) is 24.0 Å². The van der Waals surface area contributed by atoms with Gasteiger partial charge < -0.3 is 10.1 Å². The molecule has 1 amide bonds. The third kappa shape index (κ3) is 5.35. The van der Waals surface area contributed by atoms with Crippen LogP contribution in [0.5, 0.6) is 5.75 Å². The van der Waals surface area contributed by atoms with Gasteiger partial charge in [0.05, 0.1) is 10.7 Å². The number of non-ortho nitro benzene ring substituents is 1. The Morgan fingerprint density at radius 1 is 1.20 bits per heavy atom. The average molecular weight is 427 g/mol. The van der Waals surface area contributed by atoms with Crippen molar-refractivity contribution in [1.29, 1.82) is 0 Å². The summed E-state index contributed by atoms with van der Waals surface area (Å²) >= 11 is 1.18. The van der Waals surface area contributed by atoms with Gasteiger partial charge >= 0.3 is 0 Å². The highest BCUT2D eigenvalue weighted by Crippen LogP contribution is 2.24. The number of hydrogen-bond donors (Lipinski definition) is 2. The number of H-pyrrole nitrogens is 1. The monoisotopic (exact) mass is 427 g/mol. The molecule has 0 aliphatic rings. The van der Waals surface area contributed by atoms with E-state index in [4.69, 9.17) is 4.74 Å². The Morgan fingerprint density at radius 3 is 2.60 bits per heavy atom. The van der Waals surface area contributed by atoms with Crippen molar-refractivity contribution in [1.82, 2.24) is 15.2 Å². The Morgan fingerprint density at radius 2 is 1.93 bits per heavy atom. The molecule has 0 saturated carbocycles. The number of nitro benzene ring substituents is 1. The molecule has 9 nitrogen and oxygen atoms in total. The number of aromatic amines is 1. The van der Waals surface area contributed by atoms with Gasteiger partial charge in [0.15, 0.2) is 5.82 Å². The van der Waals surface area contributed by atoms with Gasteiger partial charge in [0.2, 0.25) is 11.1 Å². The van der Waals surface area contributed by atoms with Crippen molar-refractivity contribution in [3.63, 3.8) is 0 Å². The normalized spacial score (nSPS) is 10.6. The van der Waals surface area contributed by atoms with Crippen molar-refractivity contribution in [2.24, 2.45) is 0 Å². The first-order chi connectivity index (χ1) is 14.3. The number of nitrogens with zero attached hydrogens (tertiary/aromatic N) is 3. The first-order valence-electron chi connectivity index (χ1n) is 9.11. The van der Waals surface area contributed by atoms with Crippen molar-refractivity contribution >= 4 is 29.0 Å². The van der Waals surface area contributed by atoms with Gasteiger partial charge in [0.1, 0.15) is 12.4 Å². The third-order valence-electron chi connectivity index (χ3n) is 4.30. The standard InChI is InChI=1S/C20H21N5O4S/c1-12-5-4-6-13(2)19(12)29-10-17-22-20(24-23-17)30-11-18(26)21-16-8-7-15(25(27)28)9-14(16)3/h4-9H,10-11H2,1-3H3,(H,21,26)(H,22,23,24). The van der Waals surface area contributed by atoms with Gasteiger partial charge in [0, 0.05) is 17.8 Å². The summed E-state index contributed by atoms with van der Waals surface area (Å²) in [6.45, 7) is 5.91. The molecule has 0 unspecified atom stereocenters. The number of carbonyl (C=O) groups excluding carboxylic acids is 1. The van der Waals surface area contributed by atoms with E-state index in [1.165, 1.54) is 30.0 Å². The minimum atomic E-state index is -0.473. The van der Waals surface area contributed by atoms with Gasteiger partial charge in [-0.1, -0.05) is 30.0 Å². The first kappa shape index (κ1) is 21.3. The molecule has 0 radical (unpaired) electrons. The van der Waals surface area contributed by atoms with Crippen molar-refractivity contribution in [3.05, 3.63) is 69.0 Å². The molecule has 30 heavy (non-hydrogen) atoms. The van der Waals surface area contributed by atoms with Gasteiger partial charge in [0.25, 0.3) is 5.69 Å². The summed E-state index contributed by atoms with van der Waals surface area (Å²) < 4.78 is 5.84. The van der Waals surface area contributed by atoms with Gasteiger partial charge in [-0.25, -0.2) is 4.98 Å². The molecule has 0 fully saturated rings. The van der Waals surface area contributed by atoms with E-state index in [2.05, 4.69) is 20.5 Å². The highest BCUT2D eigenvalue weighted by atomic mass is 32.2. The van der Waals surface area contributed by atoms with E-state index >= 15 is 0 Å². The summed E-state index contributed by atoms with van der Waals surface area (Å²) in [7, 11) is 0. The second kappa shape index (κ2) is 9.40. The maximum atomic E-state index is 12.2. The highest BCUT2D eigenvalue weighted by molar-refractivity contribution is 7.99. The molecule has 156 valence electrons. The van der Waals surface area contributed by atoms with Crippen molar-refractivity contribution in [3.8, 4) is 5.75 Å². The molecule has 1 aromatic heterocycles. The molecule has 0 aliphatic heterocycles. The van der Waals surface area contributed by atoms with Crippen molar-refractivity contribution in [2.45, 2.75) is 32.5 Å². The minimum Gasteiger partial charge on any atom is -0.485 e. The Hall–Kier alpha value is -3.40. The van der Waals surface area contributed by atoms with Crippen LogP contribution in [-0.2, 0) is 11.4 Å². The fourth-order valence-electron chi connectivity index (χ4n) is 2.79. The molecule has 2 N–H and O–H groups in total. The zero-order valence-electron chi connectivity index (χ0n) is 16.8. The van der Waals surface area contributed by atoms with Crippen LogP contribution in [0.3, 0.4) is 0 Å². The second-order valence-corrected chi connectivity index (χ2v) is 7.61. The first-order valence-corrected chi connectivity index (χ1v) is 10.1. The number of carbonyl (C=O) groups is 1. The zero-order valence-corrected chi connectivity index (χ0v) is 17.6. The molecule has 3 aromatic rings. The number of anilines is 1.